The van der Waals surface area contributed by atoms with Crippen molar-refractivity contribution in [3.8, 4) is 11.5 Å². The molecule has 0 aliphatic rings. The van der Waals surface area contributed by atoms with E-state index in [1.54, 1.807) is 0 Å². The van der Waals surface area contributed by atoms with Crippen molar-refractivity contribution in [3.05, 3.63) is 22.2 Å². The van der Waals surface area contributed by atoms with E-state index in [1.807, 2.05) is 6.92 Å². The molecule has 0 aliphatic heterocycles. The van der Waals surface area contributed by atoms with Gasteiger partial charge in [-0.05, 0) is 12.5 Å². The Morgan fingerprint density at radius 1 is 1.40 bits per heavy atom. The lowest BCUT2D eigenvalue weighted by Crippen LogP contribution is -2.00. The minimum absolute atomic E-state index is 0.0614. The zero-order chi connectivity index (χ0) is 11.6. The van der Waals surface area contributed by atoms with E-state index in [4.69, 9.17) is 16.7 Å². The van der Waals surface area contributed by atoms with E-state index in [1.165, 1.54) is 0 Å². The zero-order valence-electron chi connectivity index (χ0n) is 8.12. The van der Waals surface area contributed by atoms with Crippen molar-refractivity contribution in [2.45, 2.75) is 19.8 Å². The van der Waals surface area contributed by atoms with Crippen molar-refractivity contribution in [2.75, 3.05) is 0 Å². The molecule has 0 spiro atoms. The van der Waals surface area contributed by atoms with Crippen LogP contribution in [0.4, 0.5) is 0 Å². The van der Waals surface area contributed by atoms with Crippen LogP contribution in [-0.2, 0) is 6.42 Å². The number of phenolic OH excluding ortho intramolecular Hbond substituents is 1. The third-order valence-corrected chi connectivity index (χ3v) is 2.34. The molecule has 1 aromatic rings. The van der Waals surface area contributed by atoms with Gasteiger partial charge in [0.1, 0.15) is 17.1 Å². The van der Waals surface area contributed by atoms with Crippen molar-refractivity contribution in [1.29, 1.82) is 0 Å². The quantitative estimate of drug-likeness (QED) is 0.745. The third-order valence-electron chi connectivity index (χ3n) is 2.05. The summed E-state index contributed by atoms with van der Waals surface area (Å²) in [4.78, 5) is 10.7. The molecule has 1 aromatic carbocycles. The Labute approximate surface area is 91.7 Å². The molecule has 1 rings (SSSR count). The second-order valence-electron chi connectivity index (χ2n) is 3.14. The maximum atomic E-state index is 10.7. The molecule has 0 atom stereocenters. The molecule has 82 valence electrons. The first-order valence-electron chi connectivity index (χ1n) is 4.45. The van der Waals surface area contributed by atoms with Gasteiger partial charge in [-0.25, -0.2) is 4.79 Å². The number of aromatic carboxylic acids is 1. The molecule has 0 unspecified atom stereocenters. The van der Waals surface area contributed by atoms with E-state index < -0.39 is 11.7 Å². The molecule has 0 saturated carbocycles. The van der Waals surface area contributed by atoms with Gasteiger partial charge < -0.3 is 15.3 Å². The fraction of sp³-hybridized carbons (Fsp3) is 0.300. The Balaban J connectivity index is 3.41. The van der Waals surface area contributed by atoms with Gasteiger partial charge in [0.2, 0.25) is 0 Å². The predicted octanol–water partition coefficient (Wildman–Crippen LogP) is 2.40. The van der Waals surface area contributed by atoms with Crippen LogP contribution < -0.4 is 0 Å². The minimum atomic E-state index is -1.27. The highest BCUT2D eigenvalue weighted by Crippen LogP contribution is 2.37. The number of phenols is 2. The Bertz CT molecular complexity index is 401. The van der Waals surface area contributed by atoms with E-state index in [0.717, 1.165) is 6.07 Å². The molecular formula is C10H11ClO4. The van der Waals surface area contributed by atoms with Gasteiger partial charge in [0.25, 0.3) is 0 Å². The number of carboxylic acids is 1. The first-order valence-corrected chi connectivity index (χ1v) is 4.83. The third kappa shape index (κ3) is 2.15. The van der Waals surface area contributed by atoms with Crippen LogP contribution in [-0.4, -0.2) is 21.3 Å². The van der Waals surface area contributed by atoms with Gasteiger partial charge >= 0.3 is 5.97 Å². The number of hydrogen-bond acceptors (Lipinski definition) is 3. The van der Waals surface area contributed by atoms with Crippen LogP contribution in [0.15, 0.2) is 6.07 Å². The van der Waals surface area contributed by atoms with Gasteiger partial charge in [0, 0.05) is 5.56 Å². The van der Waals surface area contributed by atoms with Gasteiger partial charge in [-0.3, -0.25) is 0 Å². The van der Waals surface area contributed by atoms with Crippen molar-refractivity contribution >= 4 is 17.6 Å². The van der Waals surface area contributed by atoms with Crippen molar-refractivity contribution < 1.29 is 20.1 Å². The maximum absolute atomic E-state index is 10.7. The van der Waals surface area contributed by atoms with E-state index in [9.17, 15) is 15.0 Å². The van der Waals surface area contributed by atoms with Crippen LogP contribution in [0.5, 0.6) is 11.5 Å². The molecular weight excluding hydrogens is 220 g/mol. The van der Waals surface area contributed by atoms with Crippen LogP contribution in [0, 0.1) is 0 Å². The summed E-state index contributed by atoms with van der Waals surface area (Å²) in [6.45, 7) is 1.85. The average molecular weight is 231 g/mol. The van der Waals surface area contributed by atoms with Gasteiger partial charge in [-0.2, -0.15) is 0 Å². The Kier molecular flexibility index (Phi) is 3.42. The van der Waals surface area contributed by atoms with Gasteiger partial charge in [0.05, 0.1) is 5.02 Å². The lowest BCUT2D eigenvalue weighted by molar-refractivity contribution is 0.0693. The number of rotatable bonds is 3. The Morgan fingerprint density at radius 3 is 2.47 bits per heavy atom. The van der Waals surface area contributed by atoms with E-state index in [-0.39, 0.29) is 21.9 Å². The van der Waals surface area contributed by atoms with Crippen LogP contribution >= 0.6 is 11.6 Å². The molecule has 0 aliphatic carbocycles. The standard InChI is InChI=1S/C10H11ClO4/c1-2-3-5-8(12)6(10(14)15)4-7(11)9(5)13/h4,12-13H,2-3H2,1H3,(H,14,15). The number of aromatic hydroxyl groups is 2. The predicted molar refractivity (Wildman–Crippen MR) is 55.7 cm³/mol. The average Bonchev–Trinajstić information content (AvgIpc) is 2.18. The summed E-state index contributed by atoms with van der Waals surface area (Å²) in [5.41, 5.74) is -0.108. The van der Waals surface area contributed by atoms with Gasteiger partial charge in [0.15, 0.2) is 0 Å². The van der Waals surface area contributed by atoms with Crippen LogP contribution in [0.3, 0.4) is 0 Å². The molecule has 0 bridgehead atoms. The molecule has 5 heteroatoms. The van der Waals surface area contributed by atoms with Gasteiger partial charge in [-0.1, -0.05) is 24.9 Å². The first-order chi connectivity index (χ1) is 6.99. The topological polar surface area (TPSA) is 77.8 Å². The zero-order valence-corrected chi connectivity index (χ0v) is 8.88. The number of benzene rings is 1. The SMILES string of the molecule is CCCc1c(O)c(Cl)cc(C(=O)O)c1O. The highest BCUT2D eigenvalue weighted by Gasteiger charge is 2.19. The molecule has 0 heterocycles. The molecule has 0 radical (unpaired) electrons. The fourth-order valence-electron chi connectivity index (χ4n) is 1.33. The Morgan fingerprint density at radius 2 is 2.00 bits per heavy atom. The molecule has 15 heavy (non-hydrogen) atoms. The lowest BCUT2D eigenvalue weighted by Gasteiger charge is -2.10. The van der Waals surface area contributed by atoms with E-state index in [2.05, 4.69) is 0 Å². The van der Waals surface area contributed by atoms with Crippen LogP contribution in [0.25, 0.3) is 0 Å². The highest BCUT2D eigenvalue weighted by atomic mass is 35.5. The monoisotopic (exact) mass is 230 g/mol. The number of halogens is 1. The summed E-state index contributed by atoms with van der Waals surface area (Å²) in [5, 5.41) is 27.8. The maximum Gasteiger partial charge on any atom is 0.339 e. The summed E-state index contributed by atoms with van der Waals surface area (Å²) in [5.74, 6) is -1.93. The molecule has 0 fully saturated rings. The molecule has 4 nitrogen and oxygen atoms in total. The Hall–Kier alpha value is -1.42. The first kappa shape index (κ1) is 11.7. The summed E-state index contributed by atoms with van der Waals surface area (Å²) in [6.07, 6.45) is 1.04. The van der Waals surface area contributed by atoms with Gasteiger partial charge in [-0.15, -0.1) is 0 Å². The normalized spacial score (nSPS) is 10.3. The largest absolute Gasteiger partial charge is 0.507 e. The summed E-state index contributed by atoms with van der Waals surface area (Å²) in [6, 6.07) is 1.04. The summed E-state index contributed by atoms with van der Waals surface area (Å²) in [7, 11) is 0. The second-order valence-corrected chi connectivity index (χ2v) is 3.54. The van der Waals surface area contributed by atoms with Crippen molar-refractivity contribution in [2.24, 2.45) is 0 Å². The summed E-state index contributed by atoms with van der Waals surface area (Å²) >= 11 is 5.65. The minimum Gasteiger partial charge on any atom is -0.507 e. The lowest BCUT2D eigenvalue weighted by atomic mass is 10.0. The number of hydrogen-bond donors (Lipinski definition) is 3. The molecule has 0 aromatic heterocycles. The van der Waals surface area contributed by atoms with Crippen LogP contribution in [0.1, 0.15) is 29.3 Å². The van der Waals surface area contributed by atoms with Crippen LogP contribution in [0.2, 0.25) is 5.02 Å². The molecule has 0 amide bonds. The van der Waals surface area contributed by atoms with E-state index in [0.29, 0.717) is 12.8 Å². The molecule has 0 saturated heterocycles. The fourth-order valence-corrected chi connectivity index (χ4v) is 1.56. The number of carboxylic acid groups (broad SMARTS) is 1. The highest BCUT2D eigenvalue weighted by molar-refractivity contribution is 6.32. The number of carbonyl (C=O) groups is 1. The van der Waals surface area contributed by atoms with E-state index >= 15 is 0 Å². The summed E-state index contributed by atoms with van der Waals surface area (Å²) < 4.78 is 0. The smallest absolute Gasteiger partial charge is 0.339 e. The van der Waals surface area contributed by atoms with Crippen molar-refractivity contribution in [3.63, 3.8) is 0 Å². The molecule has 3 N–H and O–H groups in total. The van der Waals surface area contributed by atoms with Crippen molar-refractivity contribution in [1.82, 2.24) is 0 Å². The second kappa shape index (κ2) is 4.40.